The van der Waals surface area contributed by atoms with Crippen LogP contribution >= 0.6 is 27.3 Å². The first-order valence-electron chi connectivity index (χ1n) is 8.32. The average molecular weight is 442 g/mol. The molecule has 136 valence electrons. The van der Waals surface area contributed by atoms with Gasteiger partial charge in [-0.15, -0.1) is 11.3 Å². The Kier molecular flexibility index (Phi) is 4.72. The Morgan fingerprint density at radius 1 is 1.26 bits per heavy atom. The number of amides is 1. The van der Waals surface area contributed by atoms with Crippen LogP contribution < -0.4 is 10.5 Å². The van der Waals surface area contributed by atoms with Crippen molar-refractivity contribution in [3.63, 3.8) is 0 Å². The van der Waals surface area contributed by atoms with Gasteiger partial charge in [-0.3, -0.25) is 9.20 Å². The van der Waals surface area contributed by atoms with Gasteiger partial charge >= 0.3 is 0 Å². The minimum absolute atomic E-state index is 0.247. The number of carbonyl (C=O) groups excluding carboxylic acids is 1. The van der Waals surface area contributed by atoms with Gasteiger partial charge in [-0.05, 0) is 25.1 Å². The molecule has 1 unspecified atom stereocenters. The zero-order valence-corrected chi connectivity index (χ0v) is 16.8. The molecule has 2 N–H and O–H groups in total. The third-order valence-electron chi connectivity index (χ3n) is 4.24. The molecule has 7 heteroatoms. The molecule has 27 heavy (non-hydrogen) atoms. The van der Waals surface area contributed by atoms with Crippen LogP contribution in [0.2, 0.25) is 0 Å². The number of benzene rings is 1. The number of nitrogens with zero attached hydrogens (tertiary/aromatic N) is 2. The molecule has 0 radical (unpaired) electrons. The lowest BCUT2D eigenvalue weighted by atomic mass is 10.1. The third-order valence-corrected chi connectivity index (χ3v) is 6.11. The summed E-state index contributed by atoms with van der Waals surface area (Å²) >= 11 is 4.85. The van der Waals surface area contributed by atoms with Crippen molar-refractivity contribution in [1.29, 1.82) is 0 Å². The summed E-state index contributed by atoms with van der Waals surface area (Å²) in [5.74, 6) is -0.0222. The van der Waals surface area contributed by atoms with E-state index in [9.17, 15) is 4.79 Å². The molecule has 4 rings (SSSR count). The Morgan fingerprint density at radius 3 is 2.81 bits per heavy atom. The molecule has 0 spiro atoms. The van der Waals surface area contributed by atoms with Crippen LogP contribution in [0.25, 0.3) is 16.2 Å². The maximum Gasteiger partial charge on any atom is 0.262 e. The van der Waals surface area contributed by atoms with Gasteiger partial charge in [0.15, 0.2) is 0 Å². The average Bonchev–Trinajstić information content (AvgIpc) is 3.26. The normalized spacial score (nSPS) is 12.2. The largest absolute Gasteiger partial charge is 0.484 e. The van der Waals surface area contributed by atoms with Gasteiger partial charge in [0.2, 0.25) is 0 Å². The summed E-state index contributed by atoms with van der Waals surface area (Å²) in [5.41, 5.74) is 8.32. The van der Waals surface area contributed by atoms with Crippen LogP contribution in [0.15, 0.2) is 65.4 Å². The first-order valence-corrected chi connectivity index (χ1v) is 9.92. The maximum atomic E-state index is 12.0. The molecule has 0 bridgehead atoms. The van der Waals surface area contributed by atoms with E-state index < -0.39 is 5.91 Å². The van der Waals surface area contributed by atoms with Gasteiger partial charge in [-0.2, -0.15) is 0 Å². The quantitative estimate of drug-likeness (QED) is 0.470. The number of fused-ring (bicyclic) bond motifs is 1. The van der Waals surface area contributed by atoms with Gasteiger partial charge in [0.05, 0.1) is 16.8 Å². The zero-order chi connectivity index (χ0) is 19.0. The number of primary amides is 1. The fourth-order valence-corrected chi connectivity index (χ4v) is 4.49. The van der Waals surface area contributed by atoms with E-state index in [1.54, 1.807) is 6.20 Å². The highest BCUT2D eigenvalue weighted by Crippen LogP contribution is 2.39. The smallest absolute Gasteiger partial charge is 0.262 e. The lowest BCUT2D eigenvalue weighted by molar-refractivity contribution is 0.0998. The minimum Gasteiger partial charge on any atom is -0.484 e. The van der Waals surface area contributed by atoms with Gasteiger partial charge in [0, 0.05) is 22.3 Å². The van der Waals surface area contributed by atoms with E-state index in [2.05, 4.69) is 20.9 Å². The van der Waals surface area contributed by atoms with E-state index in [1.807, 2.05) is 66.1 Å². The van der Waals surface area contributed by atoms with Crippen LogP contribution in [0.1, 0.15) is 28.3 Å². The summed E-state index contributed by atoms with van der Waals surface area (Å²) in [7, 11) is 0. The second-order valence-corrected chi connectivity index (χ2v) is 7.93. The van der Waals surface area contributed by atoms with Crippen molar-refractivity contribution in [2.75, 3.05) is 0 Å². The van der Waals surface area contributed by atoms with E-state index in [0.29, 0.717) is 10.6 Å². The first kappa shape index (κ1) is 17.8. The van der Waals surface area contributed by atoms with Gasteiger partial charge in [-0.25, -0.2) is 4.98 Å². The number of hydrogen-bond acceptors (Lipinski definition) is 4. The number of thiophene rings is 1. The molecule has 0 aliphatic rings. The van der Waals surface area contributed by atoms with Crippen LogP contribution in [-0.2, 0) is 0 Å². The lowest BCUT2D eigenvalue weighted by Crippen LogP contribution is -2.12. The molecular weight excluding hydrogens is 426 g/mol. The molecule has 0 saturated heterocycles. The number of nitrogens with two attached hydrogens (primary N) is 1. The molecule has 4 aromatic rings. The van der Waals surface area contributed by atoms with E-state index in [4.69, 9.17) is 10.5 Å². The van der Waals surface area contributed by atoms with Gasteiger partial charge in [-0.1, -0.05) is 40.2 Å². The van der Waals surface area contributed by atoms with Crippen molar-refractivity contribution in [2.45, 2.75) is 13.0 Å². The molecule has 5 nitrogen and oxygen atoms in total. The van der Waals surface area contributed by atoms with E-state index >= 15 is 0 Å². The number of hydrogen-bond donors (Lipinski definition) is 1. The van der Waals surface area contributed by atoms with Crippen molar-refractivity contribution < 1.29 is 9.53 Å². The summed E-state index contributed by atoms with van der Waals surface area (Å²) in [6.45, 7) is 1.94. The number of imidazole rings is 1. The Morgan fingerprint density at radius 2 is 2.04 bits per heavy atom. The number of halogens is 1. The van der Waals surface area contributed by atoms with Crippen LogP contribution in [0.4, 0.5) is 0 Å². The summed E-state index contributed by atoms with van der Waals surface area (Å²) in [6, 6.07) is 15.5. The number of carbonyl (C=O) groups is 1. The van der Waals surface area contributed by atoms with Crippen molar-refractivity contribution in [1.82, 2.24) is 9.38 Å². The van der Waals surface area contributed by atoms with E-state index in [1.165, 1.54) is 11.3 Å². The van der Waals surface area contributed by atoms with Crippen LogP contribution in [0.5, 0.6) is 5.75 Å². The van der Waals surface area contributed by atoms with E-state index in [-0.39, 0.29) is 6.10 Å². The van der Waals surface area contributed by atoms with Crippen molar-refractivity contribution in [2.24, 2.45) is 5.73 Å². The molecule has 0 saturated carbocycles. The number of aromatic nitrogens is 2. The number of ether oxygens (including phenoxy) is 1. The molecule has 0 aliphatic heterocycles. The van der Waals surface area contributed by atoms with Crippen LogP contribution in [-0.4, -0.2) is 15.3 Å². The topological polar surface area (TPSA) is 69.6 Å². The molecule has 1 aromatic carbocycles. The number of pyridine rings is 1. The van der Waals surface area contributed by atoms with Crippen molar-refractivity contribution in [3.05, 3.63) is 75.8 Å². The van der Waals surface area contributed by atoms with Gasteiger partial charge in [0.25, 0.3) is 5.91 Å². The van der Waals surface area contributed by atoms with Gasteiger partial charge in [0.1, 0.15) is 22.4 Å². The summed E-state index contributed by atoms with van der Waals surface area (Å²) < 4.78 is 9.04. The SMILES string of the molecule is CC(Oc1cc(-c2cnc3ccccn23)sc1C(N)=O)c1ccccc1Br. The second kappa shape index (κ2) is 7.17. The standard InChI is InChI=1S/C20H16BrN3O2S/c1-12(13-6-2-3-7-14(13)21)26-16-10-17(27-19(16)20(22)25)15-11-23-18-8-4-5-9-24(15)18/h2-12H,1H3,(H2,22,25). The monoisotopic (exact) mass is 441 g/mol. The van der Waals surface area contributed by atoms with Crippen LogP contribution in [0, 0.1) is 0 Å². The maximum absolute atomic E-state index is 12.0. The molecule has 1 amide bonds. The van der Waals surface area contributed by atoms with Crippen molar-refractivity contribution in [3.8, 4) is 16.3 Å². The fraction of sp³-hybridized carbons (Fsp3) is 0.100. The Bertz CT molecular complexity index is 1140. The van der Waals surface area contributed by atoms with Crippen LogP contribution in [0.3, 0.4) is 0 Å². The Labute approximate surface area is 168 Å². The zero-order valence-electron chi connectivity index (χ0n) is 14.4. The van der Waals surface area contributed by atoms with Crippen molar-refractivity contribution >= 4 is 38.8 Å². The lowest BCUT2D eigenvalue weighted by Gasteiger charge is -2.16. The summed E-state index contributed by atoms with van der Waals surface area (Å²) in [6.07, 6.45) is 3.47. The van der Waals surface area contributed by atoms with Gasteiger partial charge < -0.3 is 10.5 Å². The predicted octanol–water partition coefficient (Wildman–Crippen LogP) is 5.06. The molecule has 1 atom stereocenters. The molecule has 0 fully saturated rings. The third kappa shape index (κ3) is 3.36. The molecule has 0 aliphatic carbocycles. The highest BCUT2D eigenvalue weighted by atomic mass is 79.9. The summed E-state index contributed by atoms with van der Waals surface area (Å²) in [4.78, 5) is 17.6. The Hall–Kier alpha value is -2.64. The van der Waals surface area contributed by atoms with E-state index in [0.717, 1.165) is 26.3 Å². The molecule has 3 aromatic heterocycles. The first-order chi connectivity index (χ1) is 13.0. The second-order valence-electron chi connectivity index (χ2n) is 6.02. The minimum atomic E-state index is -0.505. The number of rotatable bonds is 5. The fourth-order valence-electron chi connectivity index (χ4n) is 2.93. The molecule has 3 heterocycles. The molecular formula is C20H16BrN3O2S. The highest BCUT2D eigenvalue weighted by Gasteiger charge is 2.21. The highest BCUT2D eigenvalue weighted by molar-refractivity contribution is 9.10. The Balaban J connectivity index is 1.73. The summed E-state index contributed by atoms with van der Waals surface area (Å²) in [5, 5.41) is 0. The predicted molar refractivity (Wildman–Crippen MR) is 110 cm³/mol.